The minimum Gasteiger partial charge on any atom is -0.426 e. The van der Waals surface area contributed by atoms with Crippen LogP contribution in [0.4, 0.5) is 9.59 Å². The van der Waals surface area contributed by atoms with E-state index in [1.165, 1.54) is 0 Å². The number of urea groups is 1. The minimum atomic E-state index is -0.764. The second-order valence-electron chi connectivity index (χ2n) is 16.2. The number of hydrogen-bond donors (Lipinski definition) is 3. The lowest BCUT2D eigenvalue weighted by molar-refractivity contribution is -0.135. The van der Waals surface area contributed by atoms with Crippen LogP contribution in [0.3, 0.4) is 0 Å². The number of aromatic nitrogens is 3. The Morgan fingerprint density at radius 2 is 1.67 bits per heavy atom. The fraction of sp³-hybridized carbons (Fsp3) is 0.558. The number of ether oxygens (including phenoxy) is 1. The molecule has 7 rings (SSSR count). The quantitative estimate of drug-likeness (QED) is 0.174. The lowest BCUT2D eigenvalue weighted by Gasteiger charge is -2.43. The molecule has 2 aromatic carbocycles. The maximum Gasteiger partial charge on any atom is 0.408 e. The molecule has 14 nitrogen and oxygen atoms in total. The molecule has 0 radical (unpaired) electrons. The summed E-state index contributed by atoms with van der Waals surface area (Å²) >= 11 is 0. The summed E-state index contributed by atoms with van der Waals surface area (Å²) in [5.41, 5.74) is 4.19. The number of carbonyl (C=O) groups excluding carboxylic acids is 3. The summed E-state index contributed by atoms with van der Waals surface area (Å²) in [4.78, 5) is 65.3. The number of rotatable bonds is 12. The van der Waals surface area contributed by atoms with Crippen molar-refractivity contribution in [3.63, 3.8) is 0 Å². The van der Waals surface area contributed by atoms with Crippen LogP contribution in [-0.2, 0) is 22.7 Å². The number of para-hydroxylation sites is 1. The summed E-state index contributed by atoms with van der Waals surface area (Å²) in [6.07, 6.45) is 8.24. The molecule has 57 heavy (non-hydrogen) atoms. The fourth-order valence-electron chi connectivity index (χ4n) is 8.90. The van der Waals surface area contributed by atoms with Gasteiger partial charge in [0.2, 0.25) is 5.91 Å². The lowest BCUT2D eigenvalue weighted by Crippen LogP contribution is -2.59. The number of piperazine rings is 1. The maximum absolute atomic E-state index is 14.4. The highest BCUT2D eigenvalue weighted by atomic mass is 16.6. The van der Waals surface area contributed by atoms with Crippen LogP contribution in [0, 0.1) is 6.92 Å². The zero-order valence-corrected chi connectivity index (χ0v) is 33.8. The van der Waals surface area contributed by atoms with Crippen molar-refractivity contribution < 1.29 is 19.1 Å². The molecule has 3 saturated heterocycles. The molecule has 0 aliphatic carbocycles. The van der Waals surface area contributed by atoms with E-state index in [2.05, 4.69) is 44.5 Å². The van der Waals surface area contributed by atoms with E-state index < -0.39 is 12.1 Å². The molecule has 0 bridgehead atoms. The van der Waals surface area contributed by atoms with Crippen molar-refractivity contribution in [2.45, 2.75) is 89.9 Å². The molecule has 4 aromatic rings. The number of nitrogens with zero attached hydrogens (tertiary/aromatic N) is 6. The number of aromatic amines is 1. The Morgan fingerprint density at radius 3 is 2.42 bits per heavy atom. The predicted octanol–water partition coefficient (Wildman–Crippen LogP) is 4.80. The Bertz CT molecular complexity index is 2070. The first-order chi connectivity index (χ1) is 27.7. The van der Waals surface area contributed by atoms with Crippen LogP contribution in [0.5, 0.6) is 0 Å². The fourth-order valence-corrected chi connectivity index (χ4v) is 8.90. The molecule has 4 amide bonds. The maximum atomic E-state index is 14.4. The zero-order valence-electron chi connectivity index (χ0n) is 33.8. The van der Waals surface area contributed by atoms with Crippen molar-refractivity contribution in [1.29, 1.82) is 0 Å². The van der Waals surface area contributed by atoms with Gasteiger partial charge in [-0.2, -0.15) is 5.10 Å². The molecular weight excluding hydrogens is 723 g/mol. The van der Waals surface area contributed by atoms with Gasteiger partial charge in [0.15, 0.2) is 6.73 Å². The molecule has 3 fully saturated rings. The third-order valence-corrected chi connectivity index (χ3v) is 12.2. The summed E-state index contributed by atoms with van der Waals surface area (Å²) in [5, 5.41) is 12.3. The number of fused-ring (bicyclic) bond motifs is 2. The SMILES string of the molecule is CCCCCNC(=O)OCn1ncc2cc(CC(NC(=O)N3CCC(c4cc5ccccc5[nH]c4=O)CC3)C(=O)N3CCN(C4CCN(C)CC4)CC3)cc(C)c21. The molecular formula is C43H59N9O5. The number of nitrogens with one attached hydrogen (secondary N) is 3. The van der Waals surface area contributed by atoms with Gasteiger partial charge < -0.3 is 35.1 Å². The normalized spacial score (nSPS) is 18.2. The molecule has 3 N–H and O–H groups in total. The summed E-state index contributed by atoms with van der Waals surface area (Å²) in [6, 6.07) is 13.3. The summed E-state index contributed by atoms with van der Waals surface area (Å²) in [7, 11) is 2.17. The van der Waals surface area contributed by atoms with Crippen molar-refractivity contribution in [1.82, 2.24) is 45.0 Å². The van der Waals surface area contributed by atoms with Crippen LogP contribution in [0.15, 0.2) is 53.5 Å². The van der Waals surface area contributed by atoms with Gasteiger partial charge in [-0.15, -0.1) is 0 Å². The van der Waals surface area contributed by atoms with Crippen molar-refractivity contribution >= 4 is 39.8 Å². The van der Waals surface area contributed by atoms with Crippen LogP contribution in [0.1, 0.15) is 74.5 Å². The molecule has 0 saturated carbocycles. The Balaban J connectivity index is 1.03. The van der Waals surface area contributed by atoms with Crippen LogP contribution in [-0.4, -0.2) is 130 Å². The summed E-state index contributed by atoms with van der Waals surface area (Å²) in [5.74, 6) is -0.0300. The van der Waals surface area contributed by atoms with Gasteiger partial charge in [0.05, 0.1) is 11.7 Å². The van der Waals surface area contributed by atoms with E-state index in [1.807, 2.05) is 54.3 Å². The molecule has 0 spiro atoms. The average molecular weight is 782 g/mol. The lowest BCUT2D eigenvalue weighted by atomic mass is 9.89. The highest BCUT2D eigenvalue weighted by Gasteiger charge is 2.34. The number of likely N-dealkylation sites (tertiary alicyclic amines) is 2. The number of carbonyl (C=O) groups is 3. The van der Waals surface area contributed by atoms with Crippen molar-refractivity contribution in [2.24, 2.45) is 0 Å². The first-order valence-corrected chi connectivity index (χ1v) is 20.9. The molecule has 3 aliphatic heterocycles. The Labute approximate surface area is 334 Å². The second kappa shape index (κ2) is 18.5. The highest BCUT2D eigenvalue weighted by Crippen LogP contribution is 2.28. The van der Waals surface area contributed by atoms with Crippen molar-refractivity contribution in [3.8, 4) is 0 Å². The predicted molar refractivity (Wildman–Crippen MR) is 221 cm³/mol. The minimum absolute atomic E-state index is 0.0179. The number of pyridine rings is 1. The largest absolute Gasteiger partial charge is 0.426 e. The van der Waals surface area contributed by atoms with Crippen LogP contribution in [0.25, 0.3) is 21.8 Å². The van der Waals surface area contributed by atoms with Crippen molar-refractivity contribution in [3.05, 3.63) is 75.7 Å². The van der Waals surface area contributed by atoms with Gasteiger partial charge in [-0.05, 0) is 99.8 Å². The van der Waals surface area contributed by atoms with Gasteiger partial charge in [0, 0.05) is 74.7 Å². The smallest absolute Gasteiger partial charge is 0.408 e. The van der Waals surface area contributed by atoms with Gasteiger partial charge in [-0.3, -0.25) is 14.5 Å². The summed E-state index contributed by atoms with van der Waals surface area (Å²) in [6.45, 7) is 10.7. The first kappa shape index (κ1) is 40.3. The van der Waals surface area contributed by atoms with Gasteiger partial charge in [0.1, 0.15) is 6.04 Å². The van der Waals surface area contributed by atoms with Gasteiger partial charge in [-0.1, -0.05) is 44.0 Å². The number of benzene rings is 2. The average Bonchev–Trinajstić information content (AvgIpc) is 3.64. The summed E-state index contributed by atoms with van der Waals surface area (Å²) < 4.78 is 7.13. The number of piperidine rings is 2. The molecule has 1 atom stereocenters. The third-order valence-electron chi connectivity index (χ3n) is 12.2. The standard InChI is InChI=1S/C43H59N9O5/c1-4-5-8-15-44-43(56)57-29-52-39-30(2)24-31(25-34(39)28-45-52)26-38(41(54)50-22-20-49(21-23-50)35-13-16-48(3)17-14-35)47-42(55)51-18-11-32(12-19-51)36-27-33-9-6-7-10-37(33)46-40(36)53/h6-7,9-10,24-25,27-28,32,35,38H,4-5,8,11-23,26,29H2,1-3H3,(H,44,56)(H,46,53)(H,47,55). The molecule has 2 aromatic heterocycles. The van der Waals surface area contributed by atoms with Gasteiger partial charge >= 0.3 is 12.1 Å². The van der Waals surface area contributed by atoms with E-state index >= 15 is 0 Å². The topological polar surface area (TPSA) is 148 Å². The monoisotopic (exact) mass is 781 g/mol. The van der Waals surface area contributed by atoms with E-state index in [9.17, 15) is 19.2 Å². The van der Waals surface area contributed by atoms with Crippen molar-refractivity contribution in [2.75, 3.05) is 66.0 Å². The molecule has 5 heterocycles. The van der Waals surface area contributed by atoms with E-state index in [4.69, 9.17) is 4.74 Å². The Morgan fingerprint density at radius 1 is 0.912 bits per heavy atom. The molecule has 3 aliphatic rings. The third kappa shape index (κ3) is 9.78. The number of alkyl carbamates (subject to hydrolysis) is 1. The number of amides is 4. The van der Waals surface area contributed by atoms with Crippen LogP contribution < -0.4 is 16.2 Å². The molecule has 14 heteroatoms. The van der Waals surface area contributed by atoms with Crippen LogP contribution >= 0.6 is 0 Å². The molecule has 1 unspecified atom stereocenters. The molecule has 306 valence electrons. The second-order valence-corrected chi connectivity index (χ2v) is 16.2. The van der Waals surface area contributed by atoms with E-state index in [0.29, 0.717) is 58.0 Å². The number of H-pyrrole nitrogens is 1. The number of hydrogen-bond acceptors (Lipinski definition) is 8. The van der Waals surface area contributed by atoms with Crippen LogP contribution in [0.2, 0.25) is 0 Å². The van der Waals surface area contributed by atoms with Gasteiger partial charge in [0.25, 0.3) is 5.56 Å². The van der Waals surface area contributed by atoms with Gasteiger partial charge in [-0.25, -0.2) is 14.3 Å². The van der Waals surface area contributed by atoms with E-state index in [0.717, 1.165) is 96.8 Å². The highest BCUT2D eigenvalue weighted by molar-refractivity contribution is 5.88. The Hall–Kier alpha value is -4.95. The number of unbranched alkanes of at least 4 members (excludes halogenated alkanes) is 2. The van der Waals surface area contributed by atoms with E-state index in [1.54, 1.807) is 15.8 Å². The first-order valence-electron chi connectivity index (χ1n) is 20.9. The zero-order chi connectivity index (χ0) is 39.9. The Kier molecular flexibility index (Phi) is 13.1. The van der Waals surface area contributed by atoms with E-state index in [-0.39, 0.29) is 30.1 Å². The number of aryl methyl sites for hydroxylation is 1.